The monoisotopic (exact) mass is 586 g/mol. The van der Waals surface area contributed by atoms with E-state index >= 15 is 0 Å². The number of para-hydroxylation sites is 1. The largest absolute Gasteiger partial charge is 0.335 e. The van der Waals surface area contributed by atoms with Gasteiger partial charge in [0.15, 0.2) is 0 Å². The number of aromatic nitrogens is 1. The number of benzene rings is 4. The van der Waals surface area contributed by atoms with Gasteiger partial charge in [0.25, 0.3) is 6.71 Å². The SMILES string of the molecule is Cc1cc2c3c(c1)-n1c4c(c5cc(C(C)(C)C)cc(c51)B3c1cccc3c1N2C1(C)CCCCC31C)C(C)(C)c1ccccc1-4. The molecule has 0 amide bonds. The van der Waals surface area contributed by atoms with Crippen LogP contribution in [-0.4, -0.2) is 16.8 Å². The van der Waals surface area contributed by atoms with E-state index in [1.807, 2.05) is 0 Å². The predicted octanol–water partition coefficient (Wildman–Crippen LogP) is 8.43. The molecule has 3 heteroatoms. The Kier molecular flexibility index (Phi) is 4.59. The first kappa shape index (κ1) is 26.5. The molecule has 0 spiro atoms. The average Bonchev–Trinajstić information content (AvgIpc) is 3.54. The van der Waals surface area contributed by atoms with Gasteiger partial charge in [-0.3, -0.25) is 0 Å². The summed E-state index contributed by atoms with van der Waals surface area (Å²) in [7, 11) is 0. The average molecular weight is 587 g/mol. The van der Waals surface area contributed by atoms with Crippen LogP contribution >= 0.6 is 0 Å². The van der Waals surface area contributed by atoms with E-state index in [1.165, 1.54) is 104 Å². The molecule has 0 bridgehead atoms. The van der Waals surface area contributed by atoms with E-state index in [0.717, 1.165) is 0 Å². The van der Waals surface area contributed by atoms with Crippen LogP contribution in [0.15, 0.2) is 66.7 Å². The molecule has 1 saturated carbocycles. The van der Waals surface area contributed by atoms with Crippen molar-refractivity contribution in [3.8, 4) is 16.9 Å². The first-order chi connectivity index (χ1) is 21.4. The van der Waals surface area contributed by atoms with E-state index in [9.17, 15) is 0 Å². The molecular weight excluding hydrogens is 543 g/mol. The van der Waals surface area contributed by atoms with Gasteiger partial charge in [0, 0.05) is 44.4 Å². The van der Waals surface area contributed by atoms with Crippen molar-refractivity contribution in [1.82, 2.24) is 4.57 Å². The quantitative estimate of drug-likeness (QED) is 0.162. The van der Waals surface area contributed by atoms with Gasteiger partial charge in [-0.25, -0.2) is 0 Å². The lowest BCUT2D eigenvalue weighted by molar-refractivity contribution is 0.195. The molecule has 2 atom stereocenters. The Labute approximate surface area is 268 Å². The third-order valence-electron chi connectivity index (χ3n) is 13.3. The van der Waals surface area contributed by atoms with Crippen LogP contribution in [0.1, 0.15) is 102 Å². The van der Waals surface area contributed by atoms with Crippen LogP contribution in [0.25, 0.3) is 27.8 Å². The smallest absolute Gasteiger partial charge is 0.252 e. The van der Waals surface area contributed by atoms with Crippen molar-refractivity contribution < 1.29 is 0 Å². The first-order valence-electron chi connectivity index (χ1n) is 17.3. The molecule has 0 saturated heterocycles. The minimum atomic E-state index is -0.0734. The molecule has 0 N–H and O–H groups in total. The van der Waals surface area contributed by atoms with Gasteiger partial charge in [-0.15, -0.1) is 0 Å². The topological polar surface area (TPSA) is 8.17 Å². The molecule has 2 unspecified atom stereocenters. The van der Waals surface area contributed by atoms with Gasteiger partial charge in [0.05, 0.1) is 11.2 Å². The van der Waals surface area contributed by atoms with E-state index in [-0.39, 0.29) is 28.5 Å². The van der Waals surface area contributed by atoms with Crippen molar-refractivity contribution in [3.05, 3.63) is 94.5 Å². The normalized spacial score (nSPS) is 24.4. The molecule has 224 valence electrons. The number of hydrogen-bond donors (Lipinski definition) is 0. The lowest BCUT2D eigenvalue weighted by Gasteiger charge is -2.52. The molecule has 5 aromatic rings. The summed E-state index contributed by atoms with van der Waals surface area (Å²) in [5.74, 6) is 0. The van der Waals surface area contributed by atoms with Crippen LogP contribution < -0.4 is 21.3 Å². The Bertz CT molecular complexity index is 2190. The lowest BCUT2D eigenvalue weighted by Crippen LogP contribution is -2.64. The second-order valence-electron chi connectivity index (χ2n) is 17.0. The zero-order valence-corrected chi connectivity index (χ0v) is 28.2. The van der Waals surface area contributed by atoms with Crippen LogP contribution in [0, 0.1) is 6.92 Å². The summed E-state index contributed by atoms with van der Waals surface area (Å²) in [6.45, 7) is 19.8. The number of hydrogen-bond acceptors (Lipinski definition) is 1. The third kappa shape index (κ3) is 2.80. The number of fused-ring (bicyclic) bond motifs is 12. The van der Waals surface area contributed by atoms with E-state index in [2.05, 4.69) is 132 Å². The zero-order chi connectivity index (χ0) is 31.0. The van der Waals surface area contributed by atoms with E-state index < -0.39 is 0 Å². The van der Waals surface area contributed by atoms with Crippen molar-refractivity contribution in [2.75, 3.05) is 4.90 Å². The van der Waals surface area contributed by atoms with Crippen LogP contribution in [0.2, 0.25) is 0 Å². The fourth-order valence-corrected chi connectivity index (χ4v) is 10.9. The Morgan fingerprint density at radius 3 is 2.31 bits per heavy atom. The highest BCUT2D eigenvalue weighted by molar-refractivity contribution is 7.00. The van der Waals surface area contributed by atoms with Gasteiger partial charge >= 0.3 is 0 Å². The molecule has 10 rings (SSSR count). The van der Waals surface area contributed by atoms with E-state index in [1.54, 1.807) is 5.56 Å². The minimum absolute atomic E-state index is 0.0425. The van der Waals surface area contributed by atoms with Crippen molar-refractivity contribution in [2.24, 2.45) is 0 Å². The standard InChI is InChI=1S/C42H43BN2/c1-24-20-32-35-33(21-24)45-38-29(41(7)18-11-12-19-42(41,45)8)16-13-17-30(38)43(35)31-23-25(39(2,3)4)22-27-34-37(44(32)36(27)31)26-14-9-10-15-28(26)40(34,5)6/h9-10,13-17,20-23H,11-12,18-19H2,1-8H3. The highest BCUT2D eigenvalue weighted by atomic mass is 15.3. The molecule has 0 radical (unpaired) electrons. The molecule has 4 heterocycles. The number of anilines is 2. The molecule has 3 aliphatic heterocycles. The summed E-state index contributed by atoms with van der Waals surface area (Å²) >= 11 is 0. The highest BCUT2D eigenvalue weighted by Gasteiger charge is 2.61. The third-order valence-corrected chi connectivity index (χ3v) is 13.3. The van der Waals surface area contributed by atoms with Crippen molar-refractivity contribution >= 4 is 45.4 Å². The van der Waals surface area contributed by atoms with Crippen molar-refractivity contribution in [2.45, 2.75) is 103 Å². The molecule has 4 aromatic carbocycles. The molecule has 1 fully saturated rings. The van der Waals surface area contributed by atoms with Crippen LogP contribution in [0.5, 0.6) is 0 Å². The Morgan fingerprint density at radius 2 is 1.51 bits per heavy atom. The molecule has 1 aromatic heterocycles. The van der Waals surface area contributed by atoms with E-state index in [0.29, 0.717) is 0 Å². The van der Waals surface area contributed by atoms with E-state index in [4.69, 9.17) is 0 Å². The number of aryl methyl sites for hydroxylation is 1. The maximum Gasteiger partial charge on any atom is 0.252 e. The maximum absolute atomic E-state index is 2.86. The molecule has 45 heavy (non-hydrogen) atoms. The maximum atomic E-state index is 2.86. The second-order valence-corrected chi connectivity index (χ2v) is 17.0. The second kappa shape index (κ2) is 7.80. The Morgan fingerprint density at radius 1 is 0.778 bits per heavy atom. The highest BCUT2D eigenvalue weighted by Crippen LogP contribution is 2.62. The van der Waals surface area contributed by atoms with Gasteiger partial charge in [-0.05, 0) is 94.5 Å². The summed E-state index contributed by atoms with van der Waals surface area (Å²) in [6, 6.07) is 26.8. The predicted molar refractivity (Wildman–Crippen MR) is 192 cm³/mol. The minimum Gasteiger partial charge on any atom is -0.335 e. The summed E-state index contributed by atoms with van der Waals surface area (Å²) in [4.78, 5) is 2.86. The van der Waals surface area contributed by atoms with Gasteiger partial charge in [-0.2, -0.15) is 0 Å². The van der Waals surface area contributed by atoms with Gasteiger partial charge in [-0.1, -0.05) is 103 Å². The molecule has 5 aliphatic rings. The Hall–Kier alpha value is -3.72. The molecule has 2 nitrogen and oxygen atoms in total. The fourth-order valence-electron chi connectivity index (χ4n) is 10.9. The molecule has 2 aliphatic carbocycles. The molecular formula is C42H43BN2. The van der Waals surface area contributed by atoms with Gasteiger partial charge in [0.1, 0.15) is 0 Å². The van der Waals surface area contributed by atoms with Gasteiger partial charge < -0.3 is 9.47 Å². The van der Waals surface area contributed by atoms with Gasteiger partial charge in [0.2, 0.25) is 0 Å². The van der Waals surface area contributed by atoms with Crippen LogP contribution in [-0.2, 0) is 16.2 Å². The Balaban J connectivity index is 1.42. The summed E-state index contributed by atoms with van der Waals surface area (Å²) in [6.07, 6.45) is 5.12. The van der Waals surface area contributed by atoms with Crippen molar-refractivity contribution in [3.63, 3.8) is 0 Å². The fraction of sp³-hybridized carbons (Fsp3) is 0.381. The summed E-state index contributed by atoms with van der Waals surface area (Å²) in [5.41, 5.74) is 20.7. The van der Waals surface area contributed by atoms with Crippen LogP contribution in [0.4, 0.5) is 11.4 Å². The zero-order valence-electron chi connectivity index (χ0n) is 28.2. The number of nitrogens with zero attached hydrogens (tertiary/aromatic N) is 2. The van der Waals surface area contributed by atoms with Crippen molar-refractivity contribution in [1.29, 1.82) is 0 Å². The summed E-state index contributed by atoms with van der Waals surface area (Å²) in [5, 5.41) is 1.45. The first-order valence-corrected chi connectivity index (χ1v) is 17.3. The lowest BCUT2D eigenvalue weighted by atomic mass is 9.33. The van der Waals surface area contributed by atoms with Crippen LogP contribution in [0.3, 0.4) is 0 Å². The number of rotatable bonds is 0. The summed E-state index contributed by atoms with van der Waals surface area (Å²) < 4.78 is 2.72.